The summed E-state index contributed by atoms with van der Waals surface area (Å²) in [7, 11) is -3.66. The van der Waals surface area contributed by atoms with Crippen LogP contribution >= 0.6 is 0 Å². The van der Waals surface area contributed by atoms with E-state index < -0.39 is 21.5 Å². The minimum atomic E-state index is -3.66. The highest BCUT2D eigenvalue weighted by atomic mass is 32.2. The van der Waals surface area contributed by atoms with Gasteiger partial charge in [-0.15, -0.1) is 0 Å². The molecule has 0 bridgehead atoms. The highest BCUT2D eigenvalue weighted by Gasteiger charge is 2.19. The van der Waals surface area contributed by atoms with E-state index in [1.54, 1.807) is 12.3 Å². The predicted molar refractivity (Wildman–Crippen MR) is 116 cm³/mol. The van der Waals surface area contributed by atoms with Crippen LogP contribution in [0.3, 0.4) is 0 Å². The number of carbonyl (C=O) groups is 2. The Morgan fingerprint density at radius 1 is 1.26 bits per heavy atom. The summed E-state index contributed by atoms with van der Waals surface area (Å²) in [6.45, 7) is 0.681. The quantitative estimate of drug-likeness (QED) is 0.502. The highest BCUT2D eigenvalue weighted by Crippen LogP contribution is 2.11. The summed E-state index contributed by atoms with van der Waals surface area (Å²) in [5.41, 5.74) is 1.99. The number of furan rings is 1. The van der Waals surface area contributed by atoms with Gasteiger partial charge in [-0.25, -0.2) is 8.42 Å². The molecule has 0 saturated heterocycles. The van der Waals surface area contributed by atoms with Crippen molar-refractivity contribution >= 4 is 21.5 Å². The van der Waals surface area contributed by atoms with E-state index in [4.69, 9.17) is 4.42 Å². The Morgan fingerprint density at radius 3 is 2.87 bits per heavy atom. The van der Waals surface area contributed by atoms with E-state index in [1.165, 1.54) is 17.9 Å². The third-order valence-corrected chi connectivity index (χ3v) is 6.34. The normalized spacial score (nSPS) is 16.2. The number of Topliss-reactive ketones (excluding diaryl/α,β-unsaturated/α-hetero) is 1. The third kappa shape index (κ3) is 8.10. The summed E-state index contributed by atoms with van der Waals surface area (Å²) in [4.78, 5) is 28.3. The fourth-order valence-electron chi connectivity index (χ4n) is 3.36. The molecule has 0 fully saturated rings. The van der Waals surface area contributed by atoms with Crippen LogP contribution in [-0.4, -0.2) is 50.0 Å². The standard InChI is InChI=1S/C22H27N3O5S/c26-20(14-25-22(27)16-31(28,29)15-21-5-3-11-30-21)7-6-19-13-17(8-10-24-19)12-18-4-1-2-9-23-18/h1-3,5,8,10-11,13,18,23H,4,6-7,9,12,14-16H2,(H,25,27). The number of carbonyl (C=O) groups excluding carboxylic acids is 2. The van der Waals surface area contributed by atoms with Gasteiger partial charge in [0.2, 0.25) is 5.91 Å². The minimum absolute atomic E-state index is 0.178. The molecule has 1 aliphatic rings. The van der Waals surface area contributed by atoms with E-state index in [1.807, 2.05) is 12.1 Å². The van der Waals surface area contributed by atoms with Gasteiger partial charge >= 0.3 is 0 Å². The van der Waals surface area contributed by atoms with Crippen molar-refractivity contribution in [3.05, 3.63) is 65.9 Å². The van der Waals surface area contributed by atoms with Crippen LogP contribution in [0.5, 0.6) is 0 Å². The second-order valence-electron chi connectivity index (χ2n) is 7.60. The molecule has 31 heavy (non-hydrogen) atoms. The number of ketones is 1. The summed E-state index contributed by atoms with van der Waals surface area (Å²) >= 11 is 0. The number of nitrogens with one attached hydrogen (secondary N) is 2. The van der Waals surface area contributed by atoms with Gasteiger partial charge in [-0.1, -0.05) is 12.2 Å². The average molecular weight is 446 g/mol. The van der Waals surface area contributed by atoms with Gasteiger partial charge in [0.1, 0.15) is 17.3 Å². The molecule has 0 saturated carbocycles. The summed E-state index contributed by atoms with van der Waals surface area (Å²) in [5, 5.41) is 5.83. The molecule has 2 N–H and O–H groups in total. The molecule has 0 aliphatic carbocycles. The average Bonchev–Trinajstić information content (AvgIpc) is 3.23. The van der Waals surface area contributed by atoms with Crippen LogP contribution in [0.4, 0.5) is 0 Å². The predicted octanol–water partition coefficient (Wildman–Crippen LogP) is 1.37. The Labute approximate surface area is 182 Å². The molecule has 0 spiro atoms. The van der Waals surface area contributed by atoms with E-state index in [9.17, 15) is 18.0 Å². The molecule has 2 aromatic rings. The number of hydrogen-bond donors (Lipinski definition) is 2. The highest BCUT2D eigenvalue weighted by molar-refractivity contribution is 7.91. The van der Waals surface area contributed by atoms with Crippen LogP contribution < -0.4 is 10.6 Å². The van der Waals surface area contributed by atoms with Crippen LogP contribution in [0.15, 0.2) is 53.3 Å². The van der Waals surface area contributed by atoms with E-state index in [-0.39, 0.29) is 30.3 Å². The first-order valence-electron chi connectivity index (χ1n) is 10.2. The Balaban J connectivity index is 1.39. The third-order valence-electron chi connectivity index (χ3n) is 4.91. The molecule has 0 radical (unpaired) electrons. The van der Waals surface area contributed by atoms with Crippen LogP contribution in [-0.2, 0) is 38.0 Å². The Hall–Kier alpha value is -2.78. The van der Waals surface area contributed by atoms with Gasteiger partial charge < -0.3 is 15.1 Å². The van der Waals surface area contributed by atoms with Crippen molar-refractivity contribution in [1.29, 1.82) is 0 Å². The van der Waals surface area contributed by atoms with Crippen molar-refractivity contribution in [3.63, 3.8) is 0 Å². The molecule has 3 rings (SSSR count). The number of amides is 1. The zero-order chi connectivity index (χ0) is 22.1. The zero-order valence-corrected chi connectivity index (χ0v) is 18.1. The fourth-order valence-corrected chi connectivity index (χ4v) is 4.56. The maximum Gasteiger partial charge on any atom is 0.235 e. The number of aryl methyl sites for hydroxylation is 1. The lowest BCUT2D eigenvalue weighted by molar-refractivity contribution is -0.123. The molecule has 1 amide bonds. The van der Waals surface area contributed by atoms with Gasteiger partial charge in [0.05, 0.1) is 12.8 Å². The molecular formula is C22H27N3O5S. The lowest BCUT2D eigenvalue weighted by Gasteiger charge is -2.19. The zero-order valence-electron chi connectivity index (χ0n) is 17.2. The summed E-state index contributed by atoms with van der Waals surface area (Å²) in [6, 6.07) is 7.51. The van der Waals surface area contributed by atoms with Crippen molar-refractivity contribution in [1.82, 2.24) is 15.6 Å². The largest absolute Gasteiger partial charge is 0.468 e. The molecule has 3 heterocycles. The van der Waals surface area contributed by atoms with Gasteiger partial charge in [0.25, 0.3) is 0 Å². The monoisotopic (exact) mass is 445 g/mol. The minimum Gasteiger partial charge on any atom is -0.468 e. The molecule has 0 aromatic carbocycles. The lowest BCUT2D eigenvalue weighted by atomic mass is 10.0. The van der Waals surface area contributed by atoms with Crippen LogP contribution in [0.1, 0.15) is 29.9 Å². The van der Waals surface area contributed by atoms with Gasteiger partial charge in [-0.3, -0.25) is 14.6 Å². The van der Waals surface area contributed by atoms with E-state index >= 15 is 0 Å². The molecule has 9 heteroatoms. The van der Waals surface area contributed by atoms with E-state index in [2.05, 4.69) is 27.8 Å². The molecule has 1 aliphatic heterocycles. The second kappa shape index (κ2) is 11.0. The number of nitrogens with zero attached hydrogens (tertiary/aromatic N) is 1. The SMILES string of the molecule is O=C(CCc1cc(CC2CC=CCN2)ccn1)CNC(=O)CS(=O)(=O)Cc1ccco1. The Kier molecular flexibility index (Phi) is 8.13. The summed E-state index contributed by atoms with van der Waals surface area (Å²) in [5.74, 6) is -1.64. The first kappa shape index (κ1) is 22.9. The summed E-state index contributed by atoms with van der Waals surface area (Å²) < 4.78 is 29.0. The molecular weight excluding hydrogens is 418 g/mol. The van der Waals surface area contributed by atoms with E-state index in [0.717, 1.165) is 25.1 Å². The molecule has 166 valence electrons. The number of rotatable bonds is 11. The molecule has 1 atom stereocenters. The number of sulfone groups is 1. The van der Waals surface area contributed by atoms with Gasteiger partial charge in [-0.2, -0.15) is 0 Å². The first-order valence-corrected chi connectivity index (χ1v) is 12.1. The number of pyridine rings is 1. The van der Waals surface area contributed by atoms with Crippen molar-refractivity contribution in [2.45, 2.75) is 37.5 Å². The van der Waals surface area contributed by atoms with Crippen LogP contribution in [0, 0.1) is 0 Å². The first-order chi connectivity index (χ1) is 14.9. The molecule has 1 unspecified atom stereocenters. The van der Waals surface area contributed by atoms with Gasteiger partial charge in [0.15, 0.2) is 15.6 Å². The fraction of sp³-hybridized carbons (Fsp3) is 0.409. The van der Waals surface area contributed by atoms with Crippen LogP contribution in [0.2, 0.25) is 0 Å². The van der Waals surface area contributed by atoms with Crippen molar-refractivity contribution < 1.29 is 22.4 Å². The number of aromatic nitrogens is 1. The van der Waals surface area contributed by atoms with E-state index in [0.29, 0.717) is 12.5 Å². The van der Waals surface area contributed by atoms with Crippen molar-refractivity contribution in [2.75, 3.05) is 18.8 Å². The van der Waals surface area contributed by atoms with Crippen molar-refractivity contribution in [2.24, 2.45) is 0 Å². The molecule has 8 nitrogen and oxygen atoms in total. The van der Waals surface area contributed by atoms with Crippen molar-refractivity contribution in [3.8, 4) is 0 Å². The van der Waals surface area contributed by atoms with Gasteiger partial charge in [0, 0.05) is 30.9 Å². The second-order valence-corrected chi connectivity index (χ2v) is 9.66. The lowest BCUT2D eigenvalue weighted by Crippen LogP contribution is -2.34. The van der Waals surface area contributed by atoms with Gasteiger partial charge in [-0.05, 0) is 49.1 Å². The smallest absolute Gasteiger partial charge is 0.235 e. The Bertz CT molecular complexity index is 1020. The number of hydrogen-bond acceptors (Lipinski definition) is 7. The van der Waals surface area contributed by atoms with Crippen LogP contribution in [0.25, 0.3) is 0 Å². The summed E-state index contributed by atoms with van der Waals surface area (Å²) in [6.07, 6.45) is 10.0. The molecule has 2 aromatic heterocycles. The maximum atomic E-state index is 12.1. The Morgan fingerprint density at radius 2 is 2.13 bits per heavy atom. The maximum absolute atomic E-state index is 12.1. The topological polar surface area (TPSA) is 118 Å².